The molecule has 5 aliphatic rings. The molecule has 0 spiro atoms. The van der Waals surface area contributed by atoms with Crippen LogP contribution in [0.2, 0.25) is 0 Å². The first-order valence-corrected chi connectivity index (χ1v) is 20.2. The number of carbonyl (C=O) groups is 1. The lowest BCUT2D eigenvalue weighted by molar-refractivity contribution is -0.169. The van der Waals surface area contributed by atoms with Gasteiger partial charge in [0.2, 0.25) is 5.91 Å². The summed E-state index contributed by atoms with van der Waals surface area (Å²) in [6.45, 7) is 16.6. The van der Waals surface area contributed by atoms with Crippen molar-refractivity contribution in [2.24, 2.45) is 58.0 Å². The predicted molar refractivity (Wildman–Crippen MR) is 200 cm³/mol. The third kappa shape index (κ3) is 8.87. The van der Waals surface area contributed by atoms with Crippen LogP contribution in [0.5, 0.6) is 0 Å². The number of fused-ring (bicyclic) bond motifs is 5. The summed E-state index contributed by atoms with van der Waals surface area (Å²) >= 11 is 0. The van der Waals surface area contributed by atoms with Crippen LogP contribution in [0.4, 0.5) is 0 Å². The number of aliphatic hydroxyl groups excluding tert-OH is 1. The molecule has 272 valence electrons. The Bertz CT molecular complexity index is 1150. The van der Waals surface area contributed by atoms with E-state index in [1.165, 1.54) is 68.9 Å². The average molecular weight is 665 g/mol. The van der Waals surface area contributed by atoms with Crippen LogP contribution >= 0.6 is 0 Å². The van der Waals surface area contributed by atoms with E-state index in [2.05, 4.69) is 74.9 Å². The highest BCUT2D eigenvalue weighted by Crippen LogP contribution is 2.68. The second-order valence-electron chi connectivity index (χ2n) is 17.6. The number of nitrogens with two attached hydrogens (primary N) is 1. The zero-order valence-electron chi connectivity index (χ0n) is 31.4. The van der Waals surface area contributed by atoms with E-state index < -0.39 is 0 Å². The largest absolute Gasteiger partial charge is 0.393 e. The van der Waals surface area contributed by atoms with Crippen molar-refractivity contribution in [3.63, 3.8) is 0 Å². The predicted octanol–water partition coefficient (Wildman–Crippen LogP) is 7.29. The fourth-order valence-corrected chi connectivity index (χ4v) is 12.0. The van der Waals surface area contributed by atoms with Gasteiger partial charge >= 0.3 is 0 Å². The summed E-state index contributed by atoms with van der Waals surface area (Å²) < 4.78 is 0. The Kier molecular flexibility index (Phi) is 13.5. The first-order chi connectivity index (χ1) is 23.0. The molecule has 0 aromatic heterocycles. The maximum absolute atomic E-state index is 13.1. The fourth-order valence-electron chi connectivity index (χ4n) is 12.0. The fraction of sp³-hybridized carbons (Fsp3) is 0.833. The zero-order chi connectivity index (χ0) is 34.3. The van der Waals surface area contributed by atoms with Gasteiger partial charge in [0.15, 0.2) is 0 Å². The summed E-state index contributed by atoms with van der Waals surface area (Å²) in [5.41, 5.74) is 8.92. The highest BCUT2D eigenvalue weighted by atomic mass is 16.3. The summed E-state index contributed by atoms with van der Waals surface area (Å²) in [6, 6.07) is 0.159. The Balaban J connectivity index is 1.09. The summed E-state index contributed by atoms with van der Waals surface area (Å²) in [7, 11) is 0. The van der Waals surface area contributed by atoms with Crippen LogP contribution < -0.4 is 21.7 Å². The van der Waals surface area contributed by atoms with Gasteiger partial charge in [-0.25, -0.2) is 0 Å². The van der Waals surface area contributed by atoms with Crippen LogP contribution in [0.1, 0.15) is 125 Å². The van der Waals surface area contributed by atoms with E-state index >= 15 is 0 Å². The van der Waals surface area contributed by atoms with E-state index in [1.807, 2.05) is 0 Å². The van der Waals surface area contributed by atoms with E-state index in [9.17, 15) is 9.90 Å². The van der Waals surface area contributed by atoms with Crippen molar-refractivity contribution in [3.05, 3.63) is 35.5 Å². The molecule has 0 heterocycles. The number of carbonyl (C=O) groups excluding carboxylic acids is 1. The van der Waals surface area contributed by atoms with Gasteiger partial charge in [0.05, 0.1) is 6.10 Å². The second-order valence-corrected chi connectivity index (χ2v) is 17.6. The molecule has 1 amide bonds. The summed E-state index contributed by atoms with van der Waals surface area (Å²) in [4.78, 5) is 13.1. The van der Waals surface area contributed by atoms with Gasteiger partial charge < -0.3 is 26.8 Å². The molecule has 6 N–H and O–H groups in total. The van der Waals surface area contributed by atoms with Gasteiger partial charge in [0, 0.05) is 38.6 Å². The van der Waals surface area contributed by atoms with Crippen molar-refractivity contribution >= 4 is 5.91 Å². The molecule has 48 heavy (non-hydrogen) atoms. The van der Waals surface area contributed by atoms with Crippen LogP contribution in [0.15, 0.2) is 35.5 Å². The number of aliphatic hydroxyl groups is 1. The van der Waals surface area contributed by atoms with Crippen molar-refractivity contribution in [3.8, 4) is 0 Å². The van der Waals surface area contributed by atoms with Crippen LogP contribution in [-0.2, 0) is 4.79 Å². The molecule has 6 nitrogen and oxygen atoms in total. The molecule has 0 saturated heterocycles. The number of hydrogen-bond acceptors (Lipinski definition) is 5. The Morgan fingerprint density at radius 1 is 1.00 bits per heavy atom. The Hall–Kier alpha value is -1.47. The zero-order valence-corrected chi connectivity index (χ0v) is 31.4. The third-order valence-electron chi connectivity index (χ3n) is 14.4. The molecule has 0 radical (unpaired) electrons. The molecule has 0 aromatic rings. The van der Waals surface area contributed by atoms with Gasteiger partial charge in [0.1, 0.15) is 0 Å². The molecule has 5 rings (SSSR count). The molecule has 11 atom stereocenters. The standard InChI is InChI=1S/C42H72N4O2/c1-29-9-6-7-10-33(25-29)26-31(3)46-39(48)15-12-30(2)35-13-14-36-40-37(17-19-42(35,36)5)41(4)18-16-32(27-34(41)28-38(40)47)11-8-21-44-23-24-45-22-20-43/h6-7,9,25,30-32,34-38,40,44-45,47H,8,10-24,26-28,43H2,1-5H3,(H,46,48)/t30?,31-,32-,34-,35?,36?,37?,38?,40?,41-,42+/m0/s1. The van der Waals surface area contributed by atoms with Gasteiger partial charge in [-0.3, -0.25) is 4.79 Å². The van der Waals surface area contributed by atoms with Crippen LogP contribution in [0.3, 0.4) is 0 Å². The molecule has 5 aliphatic carbocycles. The Labute approximate surface area is 294 Å². The van der Waals surface area contributed by atoms with E-state index in [1.54, 1.807) is 0 Å². The first kappa shape index (κ1) is 37.8. The highest BCUT2D eigenvalue weighted by Gasteiger charge is 2.62. The molecule has 6 heteroatoms. The molecular weight excluding hydrogens is 592 g/mol. The third-order valence-corrected chi connectivity index (χ3v) is 14.4. The van der Waals surface area contributed by atoms with Crippen LogP contribution in [0, 0.1) is 52.3 Å². The quantitative estimate of drug-likeness (QED) is 0.112. The maximum atomic E-state index is 13.1. The summed E-state index contributed by atoms with van der Waals surface area (Å²) in [6.07, 6.45) is 24.9. The first-order valence-electron chi connectivity index (χ1n) is 20.2. The second kappa shape index (κ2) is 17.2. The smallest absolute Gasteiger partial charge is 0.220 e. The minimum absolute atomic E-state index is 0.140. The SMILES string of the molecule is CC1=CC=CCC(C[C@H](C)NC(=O)CCC(C)C2CCC3C4C(O)C[C@@H]5C[C@@H](CCCNCCNCCN)CC[C@]5(C)C4CC[C@]23C)=C1. The summed E-state index contributed by atoms with van der Waals surface area (Å²) in [5.74, 6) is 4.67. The minimum atomic E-state index is -0.140. The van der Waals surface area contributed by atoms with Crippen molar-refractivity contribution in [1.29, 1.82) is 0 Å². The molecule has 4 saturated carbocycles. The van der Waals surface area contributed by atoms with Gasteiger partial charge in [-0.2, -0.15) is 0 Å². The molecule has 6 unspecified atom stereocenters. The topological polar surface area (TPSA) is 99.4 Å². The number of allylic oxidation sites excluding steroid dienone is 5. The highest BCUT2D eigenvalue weighted by molar-refractivity contribution is 5.76. The molecule has 0 aromatic carbocycles. The van der Waals surface area contributed by atoms with Crippen LogP contribution in [-0.4, -0.2) is 55.9 Å². The maximum Gasteiger partial charge on any atom is 0.220 e. The number of hydrogen-bond donors (Lipinski definition) is 5. The number of amides is 1. The summed E-state index contributed by atoms with van der Waals surface area (Å²) in [5, 5.41) is 22.2. The van der Waals surface area contributed by atoms with Gasteiger partial charge in [-0.1, -0.05) is 56.2 Å². The minimum Gasteiger partial charge on any atom is -0.393 e. The molecule has 0 bridgehead atoms. The van der Waals surface area contributed by atoms with E-state index in [0.717, 1.165) is 57.8 Å². The number of nitrogens with one attached hydrogen (secondary N) is 3. The van der Waals surface area contributed by atoms with Gasteiger partial charge in [-0.05, 0) is 156 Å². The molecule has 0 aliphatic heterocycles. The van der Waals surface area contributed by atoms with Crippen LogP contribution in [0.25, 0.3) is 0 Å². The molecular formula is C42H72N4O2. The Morgan fingerprint density at radius 3 is 2.54 bits per heavy atom. The normalized spacial score (nSPS) is 37.4. The monoisotopic (exact) mass is 665 g/mol. The Morgan fingerprint density at radius 2 is 1.75 bits per heavy atom. The van der Waals surface area contributed by atoms with Crippen molar-refractivity contribution < 1.29 is 9.90 Å². The van der Waals surface area contributed by atoms with Gasteiger partial charge in [-0.15, -0.1) is 0 Å². The lowest BCUT2D eigenvalue weighted by Crippen LogP contribution is -2.58. The van der Waals surface area contributed by atoms with Gasteiger partial charge in [0.25, 0.3) is 0 Å². The van der Waals surface area contributed by atoms with E-state index in [4.69, 9.17) is 5.73 Å². The number of rotatable bonds is 16. The lowest BCUT2D eigenvalue weighted by atomic mass is 9.43. The van der Waals surface area contributed by atoms with E-state index in [0.29, 0.717) is 59.3 Å². The average Bonchev–Trinajstić information content (AvgIpc) is 3.27. The van der Waals surface area contributed by atoms with Crippen molar-refractivity contribution in [2.45, 2.75) is 137 Å². The lowest BCUT2D eigenvalue weighted by Gasteiger charge is -2.62. The van der Waals surface area contributed by atoms with Crippen molar-refractivity contribution in [2.75, 3.05) is 32.7 Å². The van der Waals surface area contributed by atoms with Crippen molar-refractivity contribution in [1.82, 2.24) is 16.0 Å². The van der Waals surface area contributed by atoms with E-state index in [-0.39, 0.29) is 18.1 Å². The molecule has 4 fully saturated rings.